The molecule has 1 saturated heterocycles. The van der Waals surface area contributed by atoms with Crippen LogP contribution in [0.5, 0.6) is 0 Å². The van der Waals surface area contributed by atoms with Crippen molar-refractivity contribution in [3.8, 4) is 0 Å². The Bertz CT molecular complexity index is 143. The second-order valence-corrected chi connectivity index (χ2v) is 2.37. The zero-order valence-corrected chi connectivity index (χ0v) is 5.33. The van der Waals surface area contributed by atoms with Crippen molar-refractivity contribution in [3.63, 3.8) is 0 Å². The van der Waals surface area contributed by atoms with Crippen molar-refractivity contribution in [1.82, 2.24) is 4.90 Å². The maximum atomic E-state index is 12.5. The topological polar surface area (TPSA) is 66.6 Å². The van der Waals surface area contributed by atoms with Gasteiger partial charge in [-0.25, -0.2) is 9.18 Å². The lowest BCUT2D eigenvalue weighted by atomic mass is 10.3. The minimum absolute atomic E-state index is 0.0868. The van der Waals surface area contributed by atoms with E-state index in [2.05, 4.69) is 0 Å². The molecular formula is C5H9FN2O2. The molecule has 0 aromatic carbocycles. The van der Waals surface area contributed by atoms with E-state index in [1.165, 1.54) is 0 Å². The lowest BCUT2D eigenvalue weighted by Gasteiger charge is -2.08. The van der Waals surface area contributed by atoms with E-state index in [0.717, 1.165) is 4.90 Å². The zero-order chi connectivity index (χ0) is 7.72. The van der Waals surface area contributed by atoms with Crippen LogP contribution < -0.4 is 5.73 Å². The Morgan fingerprint density at radius 3 is 2.50 bits per heavy atom. The van der Waals surface area contributed by atoms with E-state index in [1.807, 2.05) is 0 Å². The highest BCUT2D eigenvalue weighted by atomic mass is 19.1. The molecule has 0 bridgehead atoms. The van der Waals surface area contributed by atoms with Crippen molar-refractivity contribution in [2.45, 2.75) is 12.2 Å². The molecule has 1 amide bonds. The minimum Gasteiger partial charge on any atom is -0.465 e. The first kappa shape index (κ1) is 7.27. The summed E-state index contributed by atoms with van der Waals surface area (Å²) in [5.74, 6) is 0. The fourth-order valence-corrected chi connectivity index (χ4v) is 0.946. The Morgan fingerprint density at radius 2 is 2.30 bits per heavy atom. The number of carbonyl (C=O) groups is 1. The molecule has 4 nitrogen and oxygen atoms in total. The van der Waals surface area contributed by atoms with E-state index in [0.29, 0.717) is 0 Å². The largest absolute Gasteiger partial charge is 0.465 e. The van der Waals surface area contributed by atoms with Crippen molar-refractivity contribution in [2.24, 2.45) is 5.73 Å². The quantitative estimate of drug-likeness (QED) is 0.493. The molecule has 2 atom stereocenters. The SMILES string of the molecule is N[C@H]1CN(C(=O)O)C[C@@H]1F. The third kappa shape index (κ3) is 1.18. The highest BCUT2D eigenvalue weighted by Gasteiger charge is 2.32. The van der Waals surface area contributed by atoms with Crippen molar-refractivity contribution in [3.05, 3.63) is 0 Å². The molecule has 1 fully saturated rings. The standard InChI is InChI=1S/C5H9FN2O2/c6-3-1-8(5(9)10)2-4(3)7/h3-4H,1-2,7H2,(H,9,10)/t3-,4-/m0/s1. The van der Waals surface area contributed by atoms with Gasteiger partial charge < -0.3 is 15.7 Å². The van der Waals surface area contributed by atoms with Gasteiger partial charge in [0.25, 0.3) is 0 Å². The first-order chi connectivity index (χ1) is 4.61. The molecule has 58 valence electrons. The molecule has 0 aromatic rings. The fourth-order valence-electron chi connectivity index (χ4n) is 0.946. The first-order valence-corrected chi connectivity index (χ1v) is 2.99. The Hall–Kier alpha value is -0.840. The summed E-state index contributed by atoms with van der Waals surface area (Å²) in [7, 11) is 0. The number of likely N-dealkylation sites (tertiary alicyclic amines) is 1. The minimum atomic E-state index is -1.20. The number of hydrogen-bond donors (Lipinski definition) is 2. The van der Waals surface area contributed by atoms with Crippen LogP contribution in [0, 0.1) is 0 Å². The number of halogens is 1. The van der Waals surface area contributed by atoms with Crippen molar-refractivity contribution >= 4 is 6.09 Å². The van der Waals surface area contributed by atoms with Crippen LogP contribution in [0.4, 0.5) is 9.18 Å². The van der Waals surface area contributed by atoms with Gasteiger partial charge in [0.2, 0.25) is 0 Å². The van der Waals surface area contributed by atoms with E-state index in [4.69, 9.17) is 10.8 Å². The van der Waals surface area contributed by atoms with Crippen molar-refractivity contribution < 1.29 is 14.3 Å². The monoisotopic (exact) mass is 148 g/mol. The molecule has 0 aromatic heterocycles. The van der Waals surface area contributed by atoms with Crippen LogP contribution in [-0.4, -0.2) is 41.4 Å². The summed E-state index contributed by atoms with van der Waals surface area (Å²) >= 11 is 0. The van der Waals surface area contributed by atoms with Crippen LogP contribution in [0.3, 0.4) is 0 Å². The normalized spacial score (nSPS) is 32.8. The highest BCUT2D eigenvalue weighted by Crippen LogP contribution is 2.10. The summed E-state index contributed by atoms with van der Waals surface area (Å²) in [5.41, 5.74) is 5.23. The van der Waals surface area contributed by atoms with E-state index in [1.54, 1.807) is 0 Å². The van der Waals surface area contributed by atoms with Gasteiger partial charge in [-0.05, 0) is 0 Å². The predicted molar refractivity (Wildman–Crippen MR) is 32.5 cm³/mol. The molecule has 10 heavy (non-hydrogen) atoms. The van der Waals surface area contributed by atoms with E-state index >= 15 is 0 Å². The molecule has 0 saturated carbocycles. The number of rotatable bonds is 0. The van der Waals surface area contributed by atoms with Crippen LogP contribution in [0.1, 0.15) is 0 Å². The summed E-state index contributed by atoms with van der Waals surface area (Å²) < 4.78 is 12.5. The number of nitrogens with two attached hydrogens (primary N) is 1. The number of amides is 1. The number of nitrogens with zero attached hydrogens (tertiary/aromatic N) is 1. The van der Waals surface area contributed by atoms with E-state index in [-0.39, 0.29) is 13.1 Å². The highest BCUT2D eigenvalue weighted by molar-refractivity contribution is 5.65. The third-order valence-electron chi connectivity index (χ3n) is 1.56. The van der Waals surface area contributed by atoms with Crippen LogP contribution in [0.2, 0.25) is 0 Å². The molecule has 0 radical (unpaired) electrons. The van der Waals surface area contributed by atoms with Gasteiger partial charge in [-0.2, -0.15) is 0 Å². The van der Waals surface area contributed by atoms with Crippen LogP contribution in [-0.2, 0) is 0 Å². The first-order valence-electron chi connectivity index (χ1n) is 2.99. The molecule has 0 unspecified atom stereocenters. The molecule has 5 heteroatoms. The molecular weight excluding hydrogens is 139 g/mol. The van der Waals surface area contributed by atoms with Gasteiger partial charge in [0.05, 0.1) is 12.6 Å². The van der Waals surface area contributed by atoms with Gasteiger partial charge in [-0.1, -0.05) is 0 Å². The van der Waals surface area contributed by atoms with Gasteiger partial charge in [-0.15, -0.1) is 0 Å². The zero-order valence-electron chi connectivity index (χ0n) is 5.33. The lowest BCUT2D eigenvalue weighted by Crippen LogP contribution is -2.31. The van der Waals surface area contributed by atoms with E-state index in [9.17, 15) is 9.18 Å². The molecule has 0 spiro atoms. The average molecular weight is 148 g/mol. The van der Waals surface area contributed by atoms with Gasteiger partial charge in [0.1, 0.15) is 6.17 Å². The Kier molecular flexibility index (Phi) is 1.76. The molecule has 0 aliphatic carbocycles. The van der Waals surface area contributed by atoms with Gasteiger partial charge in [-0.3, -0.25) is 0 Å². The summed E-state index contributed by atoms with van der Waals surface area (Å²) in [6.07, 6.45) is -2.30. The Morgan fingerprint density at radius 1 is 1.70 bits per heavy atom. The maximum Gasteiger partial charge on any atom is 0.407 e. The van der Waals surface area contributed by atoms with Crippen LogP contribution in [0.25, 0.3) is 0 Å². The third-order valence-corrected chi connectivity index (χ3v) is 1.56. The number of hydrogen-bond acceptors (Lipinski definition) is 2. The molecule has 1 aliphatic heterocycles. The van der Waals surface area contributed by atoms with Gasteiger partial charge >= 0.3 is 6.09 Å². The van der Waals surface area contributed by atoms with Gasteiger partial charge in [0, 0.05) is 6.54 Å². The lowest BCUT2D eigenvalue weighted by molar-refractivity contribution is 0.152. The summed E-state index contributed by atoms with van der Waals surface area (Å²) in [5, 5.41) is 8.35. The summed E-state index contributed by atoms with van der Waals surface area (Å²) in [4.78, 5) is 11.2. The molecule has 1 heterocycles. The molecule has 1 aliphatic rings. The molecule has 3 N–H and O–H groups in total. The fraction of sp³-hybridized carbons (Fsp3) is 0.800. The van der Waals surface area contributed by atoms with Crippen molar-refractivity contribution in [2.75, 3.05) is 13.1 Å². The van der Waals surface area contributed by atoms with Crippen LogP contribution in [0.15, 0.2) is 0 Å². The van der Waals surface area contributed by atoms with E-state index < -0.39 is 18.3 Å². The smallest absolute Gasteiger partial charge is 0.407 e. The van der Waals surface area contributed by atoms with Crippen molar-refractivity contribution in [1.29, 1.82) is 0 Å². The summed E-state index contributed by atoms with van der Waals surface area (Å²) in [6.45, 7) is 0.0208. The Balaban J connectivity index is 2.49. The van der Waals surface area contributed by atoms with Gasteiger partial charge in [0.15, 0.2) is 0 Å². The second-order valence-electron chi connectivity index (χ2n) is 2.37. The predicted octanol–water partition coefficient (Wildman–Crippen LogP) is -0.355. The van der Waals surface area contributed by atoms with Crippen LogP contribution >= 0.6 is 0 Å². The summed E-state index contributed by atoms with van der Waals surface area (Å²) in [6, 6.07) is -0.643. The number of carboxylic acid groups (broad SMARTS) is 1. The second kappa shape index (κ2) is 2.42. The molecule has 1 rings (SSSR count). The maximum absolute atomic E-state index is 12.5. The average Bonchev–Trinajstić information content (AvgIpc) is 2.13. The number of alkyl halides is 1. The Labute approximate surface area is 57.4 Å².